The van der Waals surface area contributed by atoms with Gasteiger partial charge in [0.15, 0.2) is 0 Å². The van der Waals surface area contributed by atoms with Crippen molar-refractivity contribution in [2.45, 2.75) is 25.7 Å². The summed E-state index contributed by atoms with van der Waals surface area (Å²) in [5.41, 5.74) is 7.44. The minimum atomic E-state index is -4.73. The first-order valence-electron chi connectivity index (χ1n) is 5.56. The molecule has 1 aromatic carbocycles. The lowest BCUT2D eigenvalue weighted by molar-refractivity contribution is -0.274. The van der Waals surface area contributed by atoms with Gasteiger partial charge in [0.2, 0.25) is 0 Å². The van der Waals surface area contributed by atoms with Gasteiger partial charge in [0.05, 0.1) is 7.11 Å². The molecule has 0 spiro atoms. The number of alkyl halides is 3. The fourth-order valence-corrected chi connectivity index (χ4v) is 1.68. The summed E-state index contributed by atoms with van der Waals surface area (Å²) < 4.78 is 45.2. The number of ether oxygens (including phenoxy) is 2. The van der Waals surface area contributed by atoms with Gasteiger partial charge in [-0.3, -0.25) is 0 Å². The molecule has 6 heteroatoms. The van der Waals surface area contributed by atoms with Crippen LogP contribution >= 0.6 is 0 Å². The molecule has 0 heterocycles. The number of hydrogen-bond donors (Lipinski definition) is 1. The second-order valence-electron chi connectivity index (χ2n) is 4.22. The van der Waals surface area contributed by atoms with Crippen LogP contribution in [0.5, 0.6) is 11.5 Å². The van der Waals surface area contributed by atoms with Gasteiger partial charge >= 0.3 is 6.36 Å². The van der Waals surface area contributed by atoms with Gasteiger partial charge in [0.25, 0.3) is 0 Å². The summed E-state index contributed by atoms with van der Waals surface area (Å²) in [7, 11) is 1.36. The predicted molar refractivity (Wildman–Crippen MR) is 66.0 cm³/mol. The number of nitrogens with two attached hydrogens (primary N) is 1. The standard InChI is InChI=1S/C13H16F3NO2/c1-8(2)6-11(17)10-5-4-9(7-12(10)18-3)19-13(14,15)16/h4-5,7,11H,1,6,17H2,2-3H3/t11-/m1/s1. The molecule has 0 radical (unpaired) electrons. The van der Waals surface area contributed by atoms with Gasteiger partial charge in [-0.2, -0.15) is 0 Å². The minimum absolute atomic E-state index is 0.260. The molecule has 19 heavy (non-hydrogen) atoms. The normalized spacial score (nSPS) is 12.9. The fourth-order valence-electron chi connectivity index (χ4n) is 1.68. The van der Waals surface area contributed by atoms with Crippen LogP contribution in [0.25, 0.3) is 0 Å². The highest BCUT2D eigenvalue weighted by atomic mass is 19.4. The topological polar surface area (TPSA) is 44.5 Å². The van der Waals surface area contributed by atoms with Crippen molar-refractivity contribution in [2.24, 2.45) is 5.73 Å². The zero-order valence-electron chi connectivity index (χ0n) is 10.8. The summed E-state index contributed by atoms with van der Waals surface area (Å²) in [6.07, 6.45) is -4.21. The predicted octanol–water partition coefficient (Wildman–Crippen LogP) is 3.56. The molecule has 0 saturated heterocycles. The summed E-state index contributed by atoms with van der Waals surface area (Å²) in [4.78, 5) is 0. The molecular formula is C13H16F3NO2. The minimum Gasteiger partial charge on any atom is -0.496 e. The Hall–Kier alpha value is -1.69. The summed E-state index contributed by atoms with van der Waals surface area (Å²) >= 11 is 0. The van der Waals surface area contributed by atoms with E-state index < -0.39 is 6.36 Å². The lowest BCUT2D eigenvalue weighted by atomic mass is 10.00. The number of rotatable bonds is 5. The molecule has 106 valence electrons. The highest BCUT2D eigenvalue weighted by Crippen LogP contribution is 2.33. The molecule has 2 N–H and O–H groups in total. The first-order chi connectivity index (χ1) is 8.73. The first-order valence-corrected chi connectivity index (χ1v) is 5.56. The Balaban J connectivity index is 2.99. The highest BCUT2D eigenvalue weighted by molar-refractivity contribution is 5.42. The monoisotopic (exact) mass is 275 g/mol. The molecular weight excluding hydrogens is 259 g/mol. The van der Waals surface area contributed by atoms with Crippen LogP contribution in [0, 0.1) is 0 Å². The quantitative estimate of drug-likeness (QED) is 0.836. The Morgan fingerprint density at radius 2 is 2.05 bits per heavy atom. The van der Waals surface area contributed by atoms with Crippen LogP contribution in [0.2, 0.25) is 0 Å². The Labute approximate surface area is 109 Å². The van der Waals surface area contributed by atoms with Crippen molar-refractivity contribution < 1.29 is 22.6 Å². The summed E-state index contributed by atoms with van der Waals surface area (Å²) in [6, 6.07) is 3.46. The molecule has 1 aromatic rings. The van der Waals surface area contributed by atoms with Gasteiger partial charge in [-0.1, -0.05) is 11.6 Å². The molecule has 0 saturated carbocycles. The van der Waals surface area contributed by atoms with Crippen LogP contribution in [0.4, 0.5) is 13.2 Å². The molecule has 0 aliphatic carbocycles. The van der Waals surface area contributed by atoms with Gasteiger partial charge in [-0.05, 0) is 19.4 Å². The summed E-state index contributed by atoms with van der Waals surface area (Å²) in [5.74, 6) is -0.0777. The SMILES string of the molecule is C=C(C)C[C@@H](N)c1ccc(OC(F)(F)F)cc1OC. The lowest BCUT2D eigenvalue weighted by Gasteiger charge is -2.17. The van der Waals surface area contributed by atoms with E-state index in [1.165, 1.54) is 25.3 Å². The average Bonchev–Trinajstić information content (AvgIpc) is 2.25. The maximum absolute atomic E-state index is 12.1. The maximum Gasteiger partial charge on any atom is 0.573 e. The second-order valence-corrected chi connectivity index (χ2v) is 4.22. The number of methoxy groups -OCH3 is 1. The van der Waals surface area contributed by atoms with E-state index in [4.69, 9.17) is 10.5 Å². The third-order valence-corrected chi connectivity index (χ3v) is 2.41. The van der Waals surface area contributed by atoms with E-state index in [-0.39, 0.29) is 17.5 Å². The summed E-state index contributed by atoms with van der Waals surface area (Å²) in [5, 5.41) is 0. The number of hydrogen-bond acceptors (Lipinski definition) is 3. The molecule has 1 rings (SSSR count). The van der Waals surface area contributed by atoms with Crippen molar-refractivity contribution in [2.75, 3.05) is 7.11 Å². The van der Waals surface area contributed by atoms with Crippen LogP contribution in [0.1, 0.15) is 24.9 Å². The Kier molecular flexibility index (Phi) is 4.83. The Morgan fingerprint density at radius 1 is 1.42 bits per heavy atom. The second kappa shape index (κ2) is 5.97. The third-order valence-electron chi connectivity index (χ3n) is 2.41. The molecule has 0 fully saturated rings. The summed E-state index contributed by atoms with van der Waals surface area (Å²) in [6.45, 7) is 5.57. The maximum atomic E-state index is 12.1. The van der Waals surface area contributed by atoms with Gasteiger partial charge in [-0.25, -0.2) is 0 Å². The van der Waals surface area contributed by atoms with E-state index in [0.29, 0.717) is 12.0 Å². The highest BCUT2D eigenvalue weighted by Gasteiger charge is 2.31. The number of benzene rings is 1. The molecule has 3 nitrogen and oxygen atoms in total. The van der Waals surface area contributed by atoms with Crippen LogP contribution in [0.3, 0.4) is 0 Å². The largest absolute Gasteiger partial charge is 0.573 e. The van der Waals surface area contributed by atoms with E-state index in [0.717, 1.165) is 5.57 Å². The molecule has 0 aliphatic heterocycles. The van der Waals surface area contributed by atoms with Crippen molar-refractivity contribution in [3.05, 3.63) is 35.9 Å². The van der Waals surface area contributed by atoms with Crippen molar-refractivity contribution in [1.29, 1.82) is 0 Å². The Morgan fingerprint density at radius 3 is 2.53 bits per heavy atom. The molecule has 0 bridgehead atoms. The van der Waals surface area contributed by atoms with E-state index in [1.54, 1.807) is 0 Å². The van der Waals surface area contributed by atoms with E-state index >= 15 is 0 Å². The van der Waals surface area contributed by atoms with Crippen LogP contribution in [0.15, 0.2) is 30.4 Å². The number of halogens is 3. The molecule has 0 amide bonds. The Bertz CT molecular complexity index is 458. The lowest BCUT2D eigenvalue weighted by Crippen LogP contribution is -2.17. The average molecular weight is 275 g/mol. The van der Waals surface area contributed by atoms with E-state index in [9.17, 15) is 13.2 Å². The molecule has 0 aliphatic rings. The van der Waals surface area contributed by atoms with Crippen molar-refractivity contribution in [1.82, 2.24) is 0 Å². The van der Waals surface area contributed by atoms with Crippen molar-refractivity contribution in [3.63, 3.8) is 0 Å². The third kappa shape index (κ3) is 4.82. The zero-order valence-corrected chi connectivity index (χ0v) is 10.8. The van der Waals surface area contributed by atoms with Crippen LogP contribution in [-0.2, 0) is 0 Å². The zero-order chi connectivity index (χ0) is 14.6. The molecule has 1 atom stereocenters. The molecule has 0 unspecified atom stereocenters. The van der Waals surface area contributed by atoms with Crippen LogP contribution in [-0.4, -0.2) is 13.5 Å². The van der Waals surface area contributed by atoms with Gasteiger partial charge in [-0.15, -0.1) is 19.8 Å². The smallest absolute Gasteiger partial charge is 0.496 e. The van der Waals surface area contributed by atoms with Gasteiger partial charge < -0.3 is 15.2 Å². The van der Waals surface area contributed by atoms with Crippen molar-refractivity contribution >= 4 is 0 Å². The van der Waals surface area contributed by atoms with E-state index in [2.05, 4.69) is 11.3 Å². The first kappa shape index (κ1) is 15.4. The van der Waals surface area contributed by atoms with Crippen molar-refractivity contribution in [3.8, 4) is 11.5 Å². The van der Waals surface area contributed by atoms with Crippen LogP contribution < -0.4 is 15.2 Å². The van der Waals surface area contributed by atoms with Gasteiger partial charge in [0.1, 0.15) is 11.5 Å². The van der Waals surface area contributed by atoms with Gasteiger partial charge in [0, 0.05) is 17.7 Å². The molecule has 0 aromatic heterocycles. The van der Waals surface area contributed by atoms with E-state index in [1.807, 2.05) is 6.92 Å². The fraction of sp³-hybridized carbons (Fsp3) is 0.385.